The third-order valence-electron chi connectivity index (χ3n) is 3.16. The third kappa shape index (κ3) is 3.98. The maximum Gasteiger partial charge on any atom is 0.309 e. The highest BCUT2D eigenvalue weighted by atomic mass is 32.2. The van der Waals surface area contributed by atoms with Gasteiger partial charge in [0.1, 0.15) is 0 Å². The molecule has 2 atom stereocenters. The molecule has 0 aliphatic carbocycles. The van der Waals surface area contributed by atoms with Crippen LogP contribution in [-0.4, -0.2) is 34.8 Å². The van der Waals surface area contributed by atoms with E-state index in [1.54, 1.807) is 13.8 Å². The van der Waals surface area contributed by atoms with Gasteiger partial charge in [0.05, 0.1) is 11.5 Å². The van der Waals surface area contributed by atoms with Crippen molar-refractivity contribution in [1.29, 1.82) is 0 Å². The van der Waals surface area contributed by atoms with Crippen molar-refractivity contribution in [3.63, 3.8) is 0 Å². The lowest BCUT2D eigenvalue weighted by Crippen LogP contribution is -2.23. The first-order valence-electron chi connectivity index (χ1n) is 5.90. The molecule has 0 radical (unpaired) electrons. The van der Waals surface area contributed by atoms with Crippen LogP contribution in [0.3, 0.4) is 0 Å². The second-order valence-corrected chi connectivity index (χ2v) is 6.41. The first kappa shape index (κ1) is 13.8. The quantitative estimate of drug-likeness (QED) is 0.732. The number of aliphatic carboxylic acids is 1. The molecule has 1 saturated heterocycles. The van der Waals surface area contributed by atoms with Crippen molar-refractivity contribution < 1.29 is 14.6 Å². The van der Waals surface area contributed by atoms with Crippen LogP contribution < -0.4 is 0 Å². The highest BCUT2D eigenvalue weighted by Gasteiger charge is 2.27. The van der Waals surface area contributed by atoms with Crippen molar-refractivity contribution in [2.45, 2.75) is 51.4 Å². The normalized spacial score (nSPS) is 25.9. The fourth-order valence-electron chi connectivity index (χ4n) is 1.79. The summed E-state index contributed by atoms with van der Waals surface area (Å²) < 4.78 is 5.49. The maximum absolute atomic E-state index is 10.9. The Kier molecular flexibility index (Phi) is 5.12. The number of ether oxygens (including phenoxy) is 1. The topological polar surface area (TPSA) is 46.5 Å². The molecule has 0 amide bonds. The summed E-state index contributed by atoms with van der Waals surface area (Å²) >= 11 is 1.93. The summed E-state index contributed by atoms with van der Waals surface area (Å²) in [6.45, 7) is 6.58. The molecular weight excluding hydrogens is 224 g/mol. The van der Waals surface area contributed by atoms with Crippen LogP contribution in [0.4, 0.5) is 0 Å². The summed E-state index contributed by atoms with van der Waals surface area (Å²) in [5.74, 6) is 0.338. The zero-order valence-electron chi connectivity index (χ0n) is 10.4. The fourth-order valence-corrected chi connectivity index (χ4v) is 3.01. The van der Waals surface area contributed by atoms with Gasteiger partial charge in [0, 0.05) is 11.9 Å². The Hall–Kier alpha value is -0.220. The highest BCUT2D eigenvalue weighted by molar-refractivity contribution is 7.99. The molecule has 3 nitrogen and oxygen atoms in total. The predicted molar refractivity (Wildman–Crippen MR) is 66.9 cm³/mol. The van der Waals surface area contributed by atoms with Crippen LogP contribution in [0.1, 0.15) is 40.0 Å². The fraction of sp³-hybridized carbons (Fsp3) is 0.917. The van der Waals surface area contributed by atoms with Crippen molar-refractivity contribution in [2.75, 3.05) is 12.4 Å². The molecule has 1 rings (SSSR count). The zero-order chi connectivity index (χ0) is 12.2. The first-order chi connectivity index (χ1) is 7.43. The third-order valence-corrected chi connectivity index (χ3v) is 4.74. The van der Waals surface area contributed by atoms with E-state index in [0.717, 1.165) is 31.6 Å². The van der Waals surface area contributed by atoms with Gasteiger partial charge in [-0.25, -0.2) is 0 Å². The molecule has 0 aromatic carbocycles. The Bertz CT molecular complexity index is 240. The molecule has 1 heterocycles. The molecule has 0 saturated carbocycles. The van der Waals surface area contributed by atoms with Crippen LogP contribution in [0, 0.1) is 5.41 Å². The molecule has 94 valence electrons. The summed E-state index contributed by atoms with van der Waals surface area (Å²) in [6, 6.07) is 0. The van der Waals surface area contributed by atoms with E-state index < -0.39 is 11.4 Å². The number of carboxylic acid groups (broad SMARTS) is 1. The van der Waals surface area contributed by atoms with Crippen LogP contribution in [0.25, 0.3) is 0 Å². The average Bonchev–Trinajstić information content (AvgIpc) is 2.59. The van der Waals surface area contributed by atoms with Crippen molar-refractivity contribution in [3.05, 3.63) is 0 Å². The van der Waals surface area contributed by atoms with E-state index in [1.165, 1.54) is 0 Å². The van der Waals surface area contributed by atoms with Crippen molar-refractivity contribution in [1.82, 2.24) is 0 Å². The minimum atomic E-state index is -0.699. The van der Waals surface area contributed by atoms with E-state index >= 15 is 0 Å². The summed E-state index contributed by atoms with van der Waals surface area (Å²) in [5, 5.41) is 9.57. The van der Waals surface area contributed by atoms with Crippen LogP contribution in [0.5, 0.6) is 0 Å². The lowest BCUT2D eigenvalue weighted by molar-refractivity contribution is -0.147. The van der Waals surface area contributed by atoms with E-state index in [0.29, 0.717) is 11.4 Å². The number of hydrogen-bond acceptors (Lipinski definition) is 3. The standard InChI is InChI=1S/C12H22O3S/c1-9-10(5-7-15-9)16-8-4-6-12(2,3)11(13)14/h9-10H,4-8H2,1-3H3,(H,13,14). The minimum absolute atomic E-state index is 0.359. The average molecular weight is 246 g/mol. The van der Waals surface area contributed by atoms with E-state index in [9.17, 15) is 4.79 Å². The monoisotopic (exact) mass is 246 g/mol. The molecule has 0 spiro atoms. The Labute approximate surface area is 102 Å². The molecule has 0 aromatic rings. The van der Waals surface area contributed by atoms with E-state index in [4.69, 9.17) is 9.84 Å². The summed E-state index contributed by atoms with van der Waals surface area (Å²) in [4.78, 5) is 10.9. The molecule has 0 bridgehead atoms. The van der Waals surface area contributed by atoms with Crippen molar-refractivity contribution in [2.24, 2.45) is 5.41 Å². The van der Waals surface area contributed by atoms with Gasteiger partial charge in [0.2, 0.25) is 0 Å². The Balaban J connectivity index is 2.14. The minimum Gasteiger partial charge on any atom is -0.481 e. The SMILES string of the molecule is CC1OCCC1SCCCC(C)(C)C(=O)O. The van der Waals surface area contributed by atoms with Gasteiger partial charge < -0.3 is 9.84 Å². The van der Waals surface area contributed by atoms with E-state index in [2.05, 4.69) is 6.92 Å². The Morgan fingerprint density at radius 1 is 1.56 bits per heavy atom. The lowest BCUT2D eigenvalue weighted by Gasteiger charge is -2.19. The van der Waals surface area contributed by atoms with Crippen molar-refractivity contribution >= 4 is 17.7 Å². The molecule has 1 aliphatic heterocycles. The largest absolute Gasteiger partial charge is 0.481 e. The van der Waals surface area contributed by atoms with Crippen molar-refractivity contribution in [3.8, 4) is 0 Å². The number of carboxylic acids is 1. The molecule has 16 heavy (non-hydrogen) atoms. The lowest BCUT2D eigenvalue weighted by atomic mass is 9.88. The van der Waals surface area contributed by atoms with Gasteiger partial charge in [-0.15, -0.1) is 0 Å². The molecule has 2 unspecified atom stereocenters. The van der Waals surface area contributed by atoms with Gasteiger partial charge >= 0.3 is 5.97 Å². The number of carbonyl (C=O) groups is 1. The number of hydrogen-bond donors (Lipinski definition) is 1. The Morgan fingerprint density at radius 2 is 2.25 bits per heavy atom. The van der Waals surface area contributed by atoms with Crippen LogP contribution in [-0.2, 0) is 9.53 Å². The highest BCUT2D eigenvalue weighted by Crippen LogP contribution is 2.29. The van der Waals surface area contributed by atoms with E-state index in [-0.39, 0.29) is 0 Å². The molecule has 1 N–H and O–H groups in total. The molecule has 4 heteroatoms. The van der Waals surface area contributed by atoms with Gasteiger partial charge in [-0.1, -0.05) is 0 Å². The number of rotatable bonds is 6. The molecule has 1 aliphatic rings. The predicted octanol–water partition coefficient (Wildman–Crippen LogP) is 2.79. The van der Waals surface area contributed by atoms with Crippen LogP contribution in [0.15, 0.2) is 0 Å². The summed E-state index contributed by atoms with van der Waals surface area (Å²) in [7, 11) is 0. The second kappa shape index (κ2) is 5.92. The summed E-state index contributed by atoms with van der Waals surface area (Å²) in [6.07, 6.45) is 3.20. The van der Waals surface area contributed by atoms with Gasteiger partial charge in [-0.2, -0.15) is 11.8 Å². The molecule has 0 aromatic heterocycles. The van der Waals surface area contributed by atoms with Gasteiger partial charge in [-0.3, -0.25) is 4.79 Å². The molecule has 1 fully saturated rings. The Morgan fingerprint density at radius 3 is 2.75 bits per heavy atom. The van der Waals surface area contributed by atoms with Gasteiger partial charge in [-0.05, 0) is 45.8 Å². The maximum atomic E-state index is 10.9. The van der Waals surface area contributed by atoms with Crippen LogP contribution in [0.2, 0.25) is 0 Å². The van der Waals surface area contributed by atoms with Crippen LogP contribution >= 0.6 is 11.8 Å². The van der Waals surface area contributed by atoms with Gasteiger partial charge in [0.25, 0.3) is 0 Å². The summed E-state index contributed by atoms with van der Waals surface area (Å²) in [5.41, 5.74) is -0.585. The second-order valence-electron chi connectivity index (χ2n) is 5.07. The van der Waals surface area contributed by atoms with E-state index in [1.807, 2.05) is 11.8 Å². The van der Waals surface area contributed by atoms with Gasteiger partial charge in [0.15, 0.2) is 0 Å². The molecular formula is C12H22O3S. The smallest absolute Gasteiger partial charge is 0.309 e. The zero-order valence-corrected chi connectivity index (χ0v) is 11.2. The number of thioether (sulfide) groups is 1. The first-order valence-corrected chi connectivity index (χ1v) is 6.95.